The van der Waals surface area contributed by atoms with Crippen molar-refractivity contribution < 1.29 is 0 Å². The van der Waals surface area contributed by atoms with Crippen LogP contribution in [0.2, 0.25) is 0 Å². The van der Waals surface area contributed by atoms with Gasteiger partial charge in [0.15, 0.2) is 0 Å². The Hall–Kier alpha value is -0.0800. The SMILES string of the molecule is CCN(CC)CCC(N)CC1CCC1. The molecule has 1 atom stereocenters. The standard InChI is InChI=1S/C12H26N2/c1-3-14(4-2)9-8-12(13)10-11-6-5-7-11/h11-12H,3-10,13H2,1-2H3. The van der Waals surface area contributed by atoms with Crippen molar-refractivity contribution in [2.75, 3.05) is 19.6 Å². The Bertz CT molecular complexity index is 139. The summed E-state index contributed by atoms with van der Waals surface area (Å²) in [6.07, 6.45) is 6.74. The second-order valence-corrected chi connectivity index (χ2v) is 4.61. The van der Waals surface area contributed by atoms with Gasteiger partial charge in [-0.05, 0) is 38.4 Å². The topological polar surface area (TPSA) is 29.3 Å². The van der Waals surface area contributed by atoms with E-state index in [0.29, 0.717) is 6.04 Å². The molecule has 1 aliphatic carbocycles. The number of nitrogens with zero attached hydrogens (tertiary/aromatic N) is 1. The third-order valence-electron chi connectivity index (χ3n) is 3.57. The second kappa shape index (κ2) is 6.41. The first kappa shape index (κ1) is 12.0. The van der Waals surface area contributed by atoms with Gasteiger partial charge in [-0.3, -0.25) is 0 Å². The molecule has 0 heterocycles. The summed E-state index contributed by atoms with van der Waals surface area (Å²) in [5.74, 6) is 0.960. The zero-order chi connectivity index (χ0) is 10.4. The monoisotopic (exact) mass is 198 g/mol. The summed E-state index contributed by atoms with van der Waals surface area (Å²) in [6, 6.07) is 0.445. The van der Waals surface area contributed by atoms with Crippen molar-refractivity contribution in [3.05, 3.63) is 0 Å². The molecule has 0 bridgehead atoms. The Morgan fingerprint density at radius 3 is 2.36 bits per heavy atom. The van der Waals surface area contributed by atoms with Crippen LogP contribution in [0.4, 0.5) is 0 Å². The van der Waals surface area contributed by atoms with Gasteiger partial charge in [0.2, 0.25) is 0 Å². The fraction of sp³-hybridized carbons (Fsp3) is 1.00. The van der Waals surface area contributed by atoms with Crippen LogP contribution in [-0.4, -0.2) is 30.6 Å². The highest BCUT2D eigenvalue weighted by molar-refractivity contribution is 4.75. The molecule has 2 nitrogen and oxygen atoms in total. The van der Waals surface area contributed by atoms with Gasteiger partial charge < -0.3 is 10.6 Å². The third-order valence-corrected chi connectivity index (χ3v) is 3.57. The molecular weight excluding hydrogens is 172 g/mol. The molecule has 1 unspecified atom stereocenters. The van der Waals surface area contributed by atoms with E-state index in [4.69, 9.17) is 5.73 Å². The zero-order valence-corrected chi connectivity index (χ0v) is 9.84. The molecule has 14 heavy (non-hydrogen) atoms. The maximum atomic E-state index is 6.12. The average molecular weight is 198 g/mol. The van der Waals surface area contributed by atoms with E-state index < -0.39 is 0 Å². The van der Waals surface area contributed by atoms with Crippen molar-refractivity contribution in [2.45, 2.75) is 52.0 Å². The zero-order valence-electron chi connectivity index (χ0n) is 9.84. The van der Waals surface area contributed by atoms with Crippen LogP contribution in [0.3, 0.4) is 0 Å². The lowest BCUT2D eigenvalue weighted by Crippen LogP contribution is -2.32. The molecule has 84 valence electrons. The largest absolute Gasteiger partial charge is 0.328 e. The van der Waals surface area contributed by atoms with Crippen LogP contribution in [0, 0.1) is 5.92 Å². The number of nitrogens with two attached hydrogens (primary N) is 1. The van der Waals surface area contributed by atoms with Crippen LogP contribution in [-0.2, 0) is 0 Å². The molecule has 1 rings (SSSR count). The quantitative estimate of drug-likeness (QED) is 0.680. The maximum absolute atomic E-state index is 6.12. The van der Waals surface area contributed by atoms with E-state index in [1.807, 2.05) is 0 Å². The van der Waals surface area contributed by atoms with E-state index in [0.717, 1.165) is 19.0 Å². The summed E-state index contributed by atoms with van der Waals surface area (Å²) < 4.78 is 0. The number of rotatable bonds is 7. The van der Waals surface area contributed by atoms with Crippen LogP contribution in [0.25, 0.3) is 0 Å². The fourth-order valence-corrected chi connectivity index (χ4v) is 2.16. The molecule has 0 saturated heterocycles. The highest BCUT2D eigenvalue weighted by Crippen LogP contribution is 2.30. The molecule has 1 fully saturated rings. The first-order valence-corrected chi connectivity index (χ1v) is 6.24. The number of hydrogen-bond acceptors (Lipinski definition) is 2. The highest BCUT2D eigenvalue weighted by atomic mass is 15.1. The lowest BCUT2D eigenvalue weighted by molar-refractivity contribution is 0.246. The minimum absolute atomic E-state index is 0.445. The van der Waals surface area contributed by atoms with Gasteiger partial charge in [-0.25, -0.2) is 0 Å². The minimum atomic E-state index is 0.445. The van der Waals surface area contributed by atoms with Crippen molar-refractivity contribution in [3.8, 4) is 0 Å². The van der Waals surface area contributed by atoms with Crippen molar-refractivity contribution in [3.63, 3.8) is 0 Å². The Labute approximate surface area is 88.8 Å². The normalized spacial score (nSPS) is 19.7. The molecule has 1 saturated carbocycles. The first-order chi connectivity index (χ1) is 6.76. The lowest BCUT2D eigenvalue weighted by Gasteiger charge is -2.29. The molecule has 0 aromatic carbocycles. The maximum Gasteiger partial charge on any atom is 0.00536 e. The molecule has 0 aromatic heterocycles. The van der Waals surface area contributed by atoms with Crippen LogP contribution < -0.4 is 5.73 Å². The molecular formula is C12H26N2. The molecule has 2 heteroatoms. The van der Waals surface area contributed by atoms with Gasteiger partial charge in [-0.1, -0.05) is 33.1 Å². The predicted octanol–water partition coefficient (Wildman–Crippen LogP) is 2.24. The van der Waals surface area contributed by atoms with E-state index in [2.05, 4.69) is 18.7 Å². The summed E-state index contributed by atoms with van der Waals surface area (Å²) in [6.45, 7) is 7.95. The van der Waals surface area contributed by atoms with Crippen LogP contribution >= 0.6 is 0 Å². The van der Waals surface area contributed by atoms with Gasteiger partial charge in [-0.2, -0.15) is 0 Å². The Morgan fingerprint density at radius 2 is 1.93 bits per heavy atom. The smallest absolute Gasteiger partial charge is 0.00536 e. The van der Waals surface area contributed by atoms with E-state index in [-0.39, 0.29) is 0 Å². The average Bonchev–Trinajstić information content (AvgIpc) is 2.13. The first-order valence-electron chi connectivity index (χ1n) is 6.24. The Morgan fingerprint density at radius 1 is 1.29 bits per heavy atom. The van der Waals surface area contributed by atoms with E-state index in [1.54, 1.807) is 0 Å². The predicted molar refractivity (Wildman–Crippen MR) is 62.3 cm³/mol. The van der Waals surface area contributed by atoms with Gasteiger partial charge in [0.25, 0.3) is 0 Å². The summed E-state index contributed by atoms with van der Waals surface area (Å²) >= 11 is 0. The summed E-state index contributed by atoms with van der Waals surface area (Å²) in [5.41, 5.74) is 6.12. The summed E-state index contributed by atoms with van der Waals surface area (Å²) in [4.78, 5) is 2.46. The van der Waals surface area contributed by atoms with Crippen LogP contribution in [0.1, 0.15) is 46.0 Å². The third kappa shape index (κ3) is 3.97. The van der Waals surface area contributed by atoms with E-state index in [1.165, 1.54) is 38.6 Å². The second-order valence-electron chi connectivity index (χ2n) is 4.61. The lowest BCUT2D eigenvalue weighted by atomic mass is 9.80. The van der Waals surface area contributed by atoms with Crippen molar-refractivity contribution in [1.82, 2.24) is 4.90 Å². The van der Waals surface area contributed by atoms with Gasteiger partial charge in [0, 0.05) is 6.04 Å². The Balaban J connectivity index is 2.03. The van der Waals surface area contributed by atoms with Crippen molar-refractivity contribution in [1.29, 1.82) is 0 Å². The number of hydrogen-bond donors (Lipinski definition) is 1. The molecule has 0 aliphatic heterocycles. The molecule has 1 aliphatic rings. The van der Waals surface area contributed by atoms with Crippen molar-refractivity contribution >= 4 is 0 Å². The fourth-order valence-electron chi connectivity index (χ4n) is 2.16. The molecule has 0 spiro atoms. The van der Waals surface area contributed by atoms with Gasteiger partial charge in [0.05, 0.1) is 0 Å². The van der Waals surface area contributed by atoms with E-state index in [9.17, 15) is 0 Å². The van der Waals surface area contributed by atoms with Crippen molar-refractivity contribution in [2.24, 2.45) is 11.7 Å². The molecule has 0 aromatic rings. The van der Waals surface area contributed by atoms with E-state index >= 15 is 0 Å². The Kier molecular flexibility index (Phi) is 5.49. The highest BCUT2D eigenvalue weighted by Gasteiger charge is 2.20. The van der Waals surface area contributed by atoms with Crippen LogP contribution in [0.15, 0.2) is 0 Å². The van der Waals surface area contributed by atoms with Gasteiger partial charge in [-0.15, -0.1) is 0 Å². The van der Waals surface area contributed by atoms with Gasteiger partial charge >= 0.3 is 0 Å². The molecule has 0 amide bonds. The van der Waals surface area contributed by atoms with Crippen LogP contribution in [0.5, 0.6) is 0 Å². The summed E-state index contributed by atoms with van der Waals surface area (Å²) in [7, 11) is 0. The van der Waals surface area contributed by atoms with Gasteiger partial charge in [0.1, 0.15) is 0 Å². The summed E-state index contributed by atoms with van der Waals surface area (Å²) in [5, 5.41) is 0. The minimum Gasteiger partial charge on any atom is -0.328 e. The molecule has 0 radical (unpaired) electrons. The molecule has 2 N–H and O–H groups in total.